The molecule has 3 N–H and O–H groups in total. The molecule has 126 valence electrons. The highest BCUT2D eigenvalue weighted by Gasteiger charge is 2.24. The Hall–Kier alpha value is -2.67. The molecule has 1 atom stereocenters. The lowest BCUT2D eigenvalue weighted by Crippen LogP contribution is -2.48. The highest BCUT2D eigenvalue weighted by molar-refractivity contribution is 5.86. The van der Waals surface area contributed by atoms with Crippen LogP contribution in [0.1, 0.15) is 33.6 Å². The average molecular weight is 321 g/mol. The van der Waals surface area contributed by atoms with Gasteiger partial charge in [0.15, 0.2) is 0 Å². The molecule has 0 aliphatic rings. The molecule has 0 rings (SSSR count). The third-order valence-electron chi connectivity index (χ3n) is 2.42. The van der Waals surface area contributed by atoms with Crippen LogP contribution in [0.2, 0.25) is 0 Å². The Morgan fingerprint density at radius 3 is 2.17 bits per heavy atom. The average Bonchev–Trinajstić information content (AvgIpc) is 2.44. The Morgan fingerprint density at radius 2 is 1.65 bits per heavy atom. The number of hydrogen-bond donors (Lipinski definition) is 3. The van der Waals surface area contributed by atoms with Gasteiger partial charge in [-0.3, -0.25) is 9.59 Å². The standard InChI is InChI=1S/C16H23N3O4/c1-6-10-17-13(20)9-8-12(14(21)18-11-7-2)19-15(22)23-16(3,4)5/h1-2,12H,8-11H2,3-5H3,(H,17,20)(H,18,21)(H,19,22)/t12-/m0/s1. The number of alkyl carbamates (subject to hydrolysis) is 1. The molecule has 0 aliphatic heterocycles. The molecule has 0 radical (unpaired) electrons. The van der Waals surface area contributed by atoms with E-state index in [1.54, 1.807) is 20.8 Å². The van der Waals surface area contributed by atoms with Crippen molar-refractivity contribution in [2.75, 3.05) is 13.1 Å². The first-order valence-electron chi connectivity index (χ1n) is 7.10. The van der Waals surface area contributed by atoms with Crippen LogP contribution < -0.4 is 16.0 Å². The van der Waals surface area contributed by atoms with E-state index in [9.17, 15) is 14.4 Å². The van der Waals surface area contributed by atoms with Crippen molar-refractivity contribution >= 4 is 17.9 Å². The zero-order valence-electron chi connectivity index (χ0n) is 13.7. The van der Waals surface area contributed by atoms with Crippen molar-refractivity contribution in [3.63, 3.8) is 0 Å². The molecule has 3 amide bonds. The van der Waals surface area contributed by atoms with Crippen LogP contribution in [0.4, 0.5) is 4.79 Å². The van der Waals surface area contributed by atoms with Gasteiger partial charge in [0, 0.05) is 6.42 Å². The van der Waals surface area contributed by atoms with Gasteiger partial charge in [-0.05, 0) is 27.2 Å². The van der Waals surface area contributed by atoms with Gasteiger partial charge in [0.2, 0.25) is 11.8 Å². The van der Waals surface area contributed by atoms with Crippen LogP contribution in [-0.4, -0.2) is 42.6 Å². The minimum atomic E-state index is -0.935. The summed E-state index contributed by atoms with van der Waals surface area (Å²) >= 11 is 0. The van der Waals surface area contributed by atoms with Gasteiger partial charge in [0.05, 0.1) is 13.1 Å². The van der Waals surface area contributed by atoms with Gasteiger partial charge < -0.3 is 20.7 Å². The molecular formula is C16H23N3O4. The summed E-state index contributed by atoms with van der Waals surface area (Å²) in [5, 5.41) is 7.37. The summed E-state index contributed by atoms with van der Waals surface area (Å²) in [5.74, 6) is 3.73. The SMILES string of the molecule is C#CCNC(=O)CC[C@H](NC(=O)OC(C)(C)C)C(=O)NCC#C. The van der Waals surface area contributed by atoms with Crippen LogP contribution in [0.15, 0.2) is 0 Å². The van der Waals surface area contributed by atoms with Crippen molar-refractivity contribution in [2.24, 2.45) is 0 Å². The number of carbonyl (C=O) groups excluding carboxylic acids is 3. The molecule has 0 heterocycles. The third-order valence-corrected chi connectivity index (χ3v) is 2.42. The van der Waals surface area contributed by atoms with Crippen molar-refractivity contribution in [3.05, 3.63) is 0 Å². The van der Waals surface area contributed by atoms with E-state index >= 15 is 0 Å². The molecule has 23 heavy (non-hydrogen) atoms. The monoisotopic (exact) mass is 321 g/mol. The Labute approximate surface area is 136 Å². The van der Waals surface area contributed by atoms with Crippen molar-refractivity contribution in [3.8, 4) is 24.7 Å². The Balaban J connectivity index is 4.66. The first kappa shape index (κ1) is 20.3. The molecule has 7 heteroatoms. The Morgan fingerprint density at radius 1 is 1.09 bits per heavy atom. The van der Waals surface area contributed by atoms with Crippen LogP contribution >= 0.6 is 0 Å². The Kier molecular flexibility index (Phi) is 8.95. The minimum Gasteiger partial charge on any atom is -0.444 e. The first-order valence-corrected chi connectivity index (χ1v) is 7.10. The predicted molar refractivity (Wildman–Crippen MR) is 86.1 cm³/mol. The smallest absolute Gasteiger partial charge is 0.408 e. The highest BCUT2D eigenvalue weighted by Crippen LogP contribution is 2.08. The number of carbonyl (C=O) groups is 3. The van der Waals surface area contributed by atoms with Crippen molar-refractivity contribution in [1.82, 2.24) is 16.0 Å². The summed E-state index contributed by atoms with van der Waals surface area (Å²) in [6.07, 6.45) is 9.48. The second kappa shape index (κ2) is 10.1. The molecule has 0 spiro atoms. The molecule has 0 aliphatic carbocycles. The van der Waals surface area contributed by atoms with E-state index in [0.717, 1.165) is 0 Å². The molecule has 0 bridgehead atoms. The normalized spacial score (nSPS) is 11.3. The third kappa shape index (κ3) is 10.7. The molecule has 0 fully saturated rings. The Bertz CT molecular complexity index is 509. The summed E-state index contributed by atoms with van der Waals surface area (Å²) < 4.78 is 5.10. The van der Waals surface area contributed by atoms with Gasteiger partial charge in [0.25, 0.3) is 0 Å². The molecular weight excluding hydrogens is 298 g/mol. The van der Waals surface area contributed by atoms with Gasteiger partial charge in [0.1, 0.15) is 11.6 Å². The maximum absolute atomic E-state index is 12.0. The maximum Gasteiger partial charge on any atom is 0.408 e. The topological polar surface area (TPSA) is 96.5 Å². The second-order valence-electron chi connectivity index (χ2n) is 5.64. The van der Waals surface area contributed by atoms with Crippen molar-refractivity contribution in [1.29, 1.82) is 0 Å². The molecule has 0 aromatic heterocycles. The fraction of sp³-hybridized carbons (Fsp3) is 0.562. The number of rotatable bonds is 7. The van der Waals surface area contributed by atoms with E-state index in [1.807, 2.05) is 0 Å². The maximum atomic E-state index is 12.0. The zero-order chi connectivity index (χ0) is 17.9. The molecule has 0 unspecified atom stereocenters. The second-order valence-corrected chi connectivity index (χ2v) is 5.64. The summed E-state index contributed by atoms with van der Waals surface area (Å²) in [4.78, 5) is 35.3. The quantitative estimate of drug-likeness (QED) is 0.582. The lowest BCUT2D eigenvalue weighted by atomic mass is 10.1. The summed E-state index contributed by atoms with van der Waals surface area (Å²) in [6, 6.07) is -0.935. The van der Waals surface area contributed by atoms with Gasteiger partial charge in [-0.2, -0.15) is 0 Å². The van der Waals surface area contributed by atoms with E-state index in [-0.39, 0.29) is 31.8 Å². The van der Waals surface area contributed by atoms with Gasteiger partial charge in [-0.1, -0.05) is 11.8 Å². The summed E-state index contributed by atoms with van der Waals surface area (Å²) in [6.45, 7) is 5.23. The van der Waals surface area contributed by atoms with Crippen molar-refractivity contribution in [2.45, 2.75) is 45.3 Å². The molecule has 0 saturated carbocycles. The van der Waals surface area contributed by atoms with Crippen LogP contribution in [-0.2, 0) is 14.3 Å². The van der Waals surface area contributed by atoms with E-state index in [2.05, 4.69) is 27.8 Å². The fourth-order valence-electron chi connectivity index (χ4n) is 1.49. The fourth-order valence-corrected chi connectivity index (χ4v) is 1.49. The number of ether oxygens (including phenoxy) is 1. The summed E-state index contributed by atoms with van der Waals surface area (Å²) in [7, 11) is 0. The highest BCUT2D eigenvalue weighted by atomic mass is 16.6. The number of amides is 3. The lowest BCUT2D eigenvalue weighted by molar-refractivity contribution is -0.124. The molecule has 0 aromatic carbocycles. The van der Waals surface area contributed by atoms with E-state index in [0.29, 0.717) is 0 Å². The number of hydrogen-bond acceptors (Lipinski definition) is 4. The zero-order valence-corrected chi connectivity index (χ0v) is 13.7. The van der Waals surface area contributed by atoms with Crippen molar-refractivity contribution < 1.29 is 19.1 Å². The molecule has 0 aromatic rings. The van der Waals surface area contributed by atoms with Crippen LogP contribution in [0, 0.1) is 24.7 Å². The van der Waals surface area contributed by atoms with Gasteiger partial charge in [-0.25, -0.2) is 4.79 Å². The van der Waals surface area contributed by atoms with Crippen LogP contribution in [0.25, 0.3) is 0 Å². The summed E-state index contributed by atoms with van der Waals surface area (Å²) in [5.41, 5.74) is -0.700. The largest absolute Gasteiger partial charge is 0.444 e. The predicted octanol–water partition coefficient (Wildman–Crippen LogP) is 0.159. The van der Waals surface area contributed by atoms with Crippen LogP contribution in [0.3, 0.4) is 0 Å². The number of terminal acetylenes is 2. The van der Waals surface area contributed by atoms with Gasteiger partial charge >= 0.3 is 6.09 Å². The van der Waals surface area contributed by atoms with Crippen LogP contribution in [0.5, 0.6) is 0 Å². The minimum absolute atomic E-state index is 0.0195. The molecule has 0 saturated heterocycles. The molecule has 7 nitrogen and oxygen atoms in total. The van der Waals surface area contributed by atoms with Gasteiger partial charge in [-0.15, -0.1) is 12.8 Å². The van der Waals surface area contributed by atoms with E-state index in [4.69, 9.17) is 17.6 Å². The first-order chi connectivity index (χ1) is 10.7. The van der Waals surface area contributed by atoms with E-state index in [1.165, 1.54) is 0 Å². The lowest BCUT2D eigenvalue weighted by Gasteiger charge is -2.23. The van der Waals surface area contributed by atoms with E-state index < -0.39 is 23.6 Å². The number of nitrogens with one attached hydrogen (secondary N) is 3.